The predicted molar refractivity (Wildman–Crippen MR) is 282 cm³/mol. The number of nitrogens with one attached hydrogen (secondary N) is 4. The number of rotatable bonds is 48. The number of hydrogen-bond donors (Lipinski definition) is 27. The van der Waals surface area contributed by atoms with E-state index in [9.17, 15) is 140 Å². The third-order valence-corrected chi connectivity index (χ3v) is 12.8. The van der Waals surface area contributed by atoms with E-state index in [1.807, 2.05) is 0 Å². The van der Waals surface area contributed by atoms with Crippen molar-refractivity contribution in [3.8, 4) is 0 Å². The Labute approximate surface area is 494 Å². The average molecular weight is 1280 g/mol. The lowest BCUT2D eigenvalue weighted by molar-refractivity contribution is -0.149. The van der Waals surface area contributed by atoms with Crippen LogP contribution in [0, 0.1) is 0 Å². The number of aliphatic hydroxyl groups is 20. The molecule has 0 saturated heterocycles. The average Bonchev–Trinajstić information content (AvgIpc) is 3.49. The van der Waals surface area contributed by atoms with Crippen molar-refractivity contribution in [3.05, 3.63) is 0 Å². The predicted octanol–water partition coefficient (Wildman–Crippen LogP) is -19.0. The van der Waals surface area contributed by atoms with E-state index in [0.717, 1.165) is 24.5 Å². The second kappa shape index (κ2) is 42.3. The number of carboxylic acid groups (broad SMARTS) is 3. The Bertz CT molecular complexity index is 1890. The van der Waals surface area contributed by atoms with Gasteiger partial charge in [-0.2, -0.15) is 0 Å². The van der Waals surface area contributed by atoms with E-state index < -0.39 is 289 Å². The molecule has 0 fully saturated rings. The lowest BCUT2D eigenvalue weighted by Gasteiger charge is -2.31. The van der Waals surface area contributed by atoms with Crippen LogP contribution < -0.4 is 21.3 Å². The van der Waals surface area contributed by atoms with Crippen molar-refractivity contribution < 1.29 is 161 Å². The summed E-state index contributed by atoms with van der Waals surface area (Å²) < 4.78 is 0. The number of aliphatic carboxylic acids is 3. The fourth-order valence-electron chi connectivity index (χ4n) is 7.53. The maximum atomic E-state index is 13.9. The van der Waals surface area contributed by atoms with Crippen LogP contribution in [-0.2, 0) is 43.2 Å². The SMILES string of the molecule is O=C(O)CN(CCN(CC(=O)O)CC(=O)N(CCNC(=O)[C@@H](O)[C@H](O)[C@H](O)[C@@H](O)CO)CCNC(=O)[C@@H](O)[C@H](O)[C@H](O)[C@@H](O)CO)CCN(CC(=O)O)CC(=O)N(CCNC(=O)[C@@H](O)[C@H](O)[C@H](O)[C@@H](O)CO)CCNC(=O)[C@@H](O)[C@H](O)[C@H](O)[C@@H](O)CO. The van der Waals surface area contributed by atoms with Gasteiger partial charge in [0.25, 0.3) is 23.6 Å². The zero-order valence-electron chi connectivity index (χ0n) is 46.8. The maximum Gasteiger partial charge on any atom is 0.317 e. The molecular weight excluding hydrogens is 1190 g/mol. The van der Waals surface area contributed by atoms with Gasteiger partial charge in [0.15, 0.2) is 24.4 Å². The number of aliphatic hydroxyl groups excluding tert-OH is 20. The molecule has 0 aliphatic rings. The summed E-state index contributed by atoms with van der Waals surface area (Å²) in [4.78, 5) is 119. The van der Waals surface area contributed by atoms with Crippen molar-refractivity contribution in [3.63, 3.8) is 0 Å². The minimum absolute atomic E-state index is 0.430. The van der Waals surface area contributed by atoms with E-state index in [1.165, 1.54) is 0 Å². The Balaban J connectivity index is 6.66. The van der Waals surface area contributed by atoms with Crippen LogP contribution in [0.5, 0.6) is 0 Å². The Morgan fingerprint density at radius 3 is 0.667 bits per heavy atom. The molecule has 0 aromatic heterocycles. The molecule has 0 saturated carbocycles. The van der Waals surface area contributed by atoms with Crippen molar-refractivity contribution >= 4 is 53.4 Å². The second-order valence-electron chi connectivity index (χ2n) is 19.5. The van der Waals surface area contributed by atoms with Gasteiger partial charge in [-0.1, -0.05) is 0 Å². The Kier molecular flexibility index (Phi) is 39.5. The normalized spacial score (nSPS) is 17.4. The maximum absolute atomic E-state index is 13.9. The Morgan fingerprint density at radius 1 is 0.276 bits per heavy atom. The molecule has 0 heterocycles. The number of carbonyl (C=O) groups excluding carboxylic acids is 6. The molecule has 0 radical (unpaired) electrons. The highest BCUT2D eigenvalue weighted by Gasteiger charge is 2.38. The first-order valence-corrected chi connectivity index (χ1v) is 26.4. The lowest BCUT2D eigenvalue weighted by atomic mass is 10.0. The molecule has 16 atom stereocenters. The summed E-state index contributed by atoms with van der Waals surface area (Å²) >= 11 is 0. The standard InChI is InChI=1S/C46H85N9O32/c56-18-22(60)31(72)35(76)39(80)43(84)47-1-5-54(6-2-48-44(85)40(81)36(77)32(73)23(61)19-57)26(64)13-52(16-29(68)69)11-9-51(15-28(66)67)10-12-53(17-30(70)71)14-27(65)55(7-3-49-45(86)41(82)37(78)33(74)24(62)20-58)8-4-50-46(87)42(83)38(79)34(75)25(63)21-59/h22-25,31-42,56-63,72-83H,1-21H2,(H,47,84)(H,48,85)(H,49,86)(H,50,87)(H,66,67)(H,68,69)(H,70,71)/t22-,23-,24-,25-,31+,32+,33+,34+,35+,36+,37+,38+,39-,40-,41-,42-/m0/s1. The van der Waals surface area contributed by atoms with Crippen LogP contribution in [0.25, 0.3) is 0 Å². The largest absolute Gasteiger partial charge is 0.480 e. The van der Waals surface area contributed by atoms with E-state index in [1.54, 1.807) is 0 Å². The summed E-state index contributed by atoms with van der Waals surface area (Å²) in [6.45, 7) is -15.4. The first-order chi connectivity index (χ1) is 40.6. The zero-order chi connectivity index (χ0) is 67.0. The van der Waals surface area contributed by atoms with E-state index in [-0.39, 0.29) is 0 Å². The van der Waals surface area contributed by atoms with Crippen molar-refractivity contribution in [1.82, 2.24) is 45.8 Å². The minimum atomic E-state index is -2.44. The highest BCUT2D eigenvalue weighted by molar-refractivity contribution is 5.84. The van der Waals surface area contributed by atoms with Crippen molar-refractivity contribution in [2.24, 2.45) is 0 Å². The highest BCUT2D eigenvalue weighted by Crippen LogP contribution is 2.10. The van der Waals surface area contributed by atoms with Crippen molar-refractivity contribution in [2.45, 2.75) is 97.7 Å². The van der Waals surface area contributed by atoms with Gasteiger partial charge in [0.2, 0.25) is 11.8 Å². The molecule has 0 unspecified atom stereocenters. The summed E-state index contributed by atoms with van der Waals surface area (Å²) in [5, 5.41) is 233. The number of hydrogen-bond acceptors (Lipinski definition) is 32. The zero-order valence-corrected chi connectivity index (χ0v) is 46.8. The van der Waals surface area contributed by atoms with Crippen LogP contribution in [0.15, 0.2) is 0 Å². The van der Waals surface area contributed by atoms with E-state index in [0.29, 0.717) is 0 Å². The van der Waals surface area contributed by atoms with Crippen molar-refractivity contribution in [2.75, 3.05) is 138 Å². The Morgan fingerprint density at radius 2 is 0.471 bits per heavy atom. The van der Waals surface area contributed by atoms with Gasteiger partial charge in [0, 0.05) is 78.5 Å². The molecule has 0 spiro atoms. The molecule has 0 rings (SSSR count). The fraction of sp³-hybridized carbons (Fsp3) is 0.804. The summed E-state index contributed by atoms with van der Waals surface area (Å²) in [6.07, 6.45) is -36.1. The molecule has 0 bridgehead atoms. The van der Waals surface area contributed by atoms with Crippen LogP contribution in [0.2, 0.25) is 0 Å². The highest BCUT2D eigenvalue weighted by atomic mass is 16.4. The molecule has 0 aromatic carbocycles. The van der Waals surface area contributed by atoms with Gasteiger partial charge in [-0.15, -0.1) is 0 Å². The molecule has 41 heteroatoms. The molecule has 0 aromatic rings. The molecule has 41 nitrogen and oxygen atoms in total. The first kappa shape index (κ1) is 81.3. The van der Waals surface area contributed by atoms with E-state index >= 15 is 0 Å². The first-order valence-electron chi connectivity index (χ1n) is 26.4. The van der Waals surface area contributed by atoms with Crippen LogP contribution >= 0.6 is 0 Å². The molecule has 506 valence electrons. The summed E-state index contributed by atoms with van der Waals surface area (Å²) in [5.41, 5.74) is 0. The molecule has 6 amide bonds. The third-order valence-electron chi connectivity index (χ3n) is 12.8. The van der Waals surface area contributed by atoms with E-state index in [4.69, 9.17) is 20.4 Å². The number of amides is 6. The molecule has 0 aliphatic heterocycles. The molecular formula is C46H85N9O32. The van der Waals surface area contributed by atoms with Gasteiger partial charge >= 0.3 is 17.9 Å². The summed E-state index contributed by atoms with van der Waals surface area (Å²) in [5.74, 6) is -12.2. The Hall–Kier alpha value is -5.69. The van der Waals surface area contributed by atoms with Crippen LogP contribution in [0.3, 0.4) is 0 Å². The minimum Gasteiger partial charge on any atom is -0.480 e. The topological polar surface area (TPSA) is 683 Å². The number of carbonyl (C=O) groups is 9. The van der Waals surface area contributed by atoms with Crippen LogP contribution in [-0.4, -0.2) is 431 Å². The third kappa shape index (κ3) is 29.9. The van der Waals surface area contributed by atoms with Gasteiger partial charge in [-0.05, 0) is 0 Å². The monoisotopic (exact) mass is 1280 g/mol. The summed E-state index contributed by atoms with van der Waals surface area (Å²) in [7, 11) is 0. The molecule has 0 aliphatic carbocycles. The fourth-order valence-corrected chi connectivity index (χ4v) is 7.53. The van der Waals surface area contributed by atoms with Gasteiger partial charge in [-0.25, -0.2) is 0 Å². The van der Waals surface area contributed by atoms with Crippen LogP contribution in [0.1, 0.15) is 0 Å². The van der Waals surface area contributed by atoms with Gasteiger partial charge in [0.05, 0.1) is 59.2 Å². The quantitative estimate of drug-likeness (QED) is 0.0269. The van der Waals surface area contributed by atoms with E-state index in [2.05, 4.69) is 21.3 Å². The van der Waals surface area contributed by atoms with Crippen molar-refractivity contribution in [1.29, 1.82) is 0 Å². The van der Waals surface area contributed by atoms with Gasteiger partial charge < -0.3 is 149 Å². The second-order valence-corrected chi connectivity index (χ2v) is 19.5. The van der Waals surface area contributed by atoms with Gasteiger partial charge in [0.1, 0.15) is 73.2 Å². The number of carboxylic acids is 3. The number of nitrogens with zero attached hydrogens (tertiary/aromatic N) is 5. The lowest BCUT2D eigenvalue weighted by Crippen LogP contribution is -2.54. The molecule has 27 N–H and O–H groups in total. The van der Waals surface area contributed by atoms with Crippen LogP contribution in [0.4, 0.5) is 0 Å². The molecule has 87 heavy (non-hydrogen) atoms. The van der Waals surface area contributed by atoms with Gasteiger partial charge in [-0.3, -0.25) is 57.9 Å². The smallest absolute Gasteiger partial charge is 0.317 e. The summed E-state index contributed by atoms with van der Waals surface area (Å²) in [6, 6.07) is 0.